The summed E-state index contributed by atoms with van der Waals surface area (Å²) in [5.74, 6) is 0. The zero-order chi connectivity index (χ0) is 3.58. The predicted molar refractivity (Wildman–Crippen MR) is 27.3 cm³/mol. The molecule has 0 aliphatic carbocycles. The smallest absolute Gasteiger partial charge is 2.00 e. The van der Waals surface area contributed by atoms with Gasteiger partial charge in [0.25, 0.3) is 0 Å². The molecule has 0 aromatic carbocycles. The second-order valence-corrected chi connectivity index (χ2v) is 0.402. The summed E-state index contributed by atoms with van der Waals surface area (Å²) in [5, 5.41) is 0. The second kappa shape index (κ2) is 41.4. The van der Waals surface area contributed by atoms with Crippen LogP contribution in [0.1, 0.15) is 0 Å². The van der Waals surface area contributed by atoms with Crippen LogP contribution in [0.2, 0.25) is 0 Å². The number of carbonyl (C=O) groups excluding carboxylic acids is 1. The van der Waals surface area contributed by atoms with Crippen molar-refractivity contribution in [2.75, 3.05) is 0 Å². The Morgan fingerprint density at radius 2 is 0.889 bits per heavy atom. The van der Waals surface area contributed by atoms with Gasteiger partial charge in [-0.3, -0.25) is 0 Å². The van der Waals surface area contributed by atoms with E-state index in [2.05, 4.69) is 11.5 Å². The quantitative estimate of drug-likeness (QED) is 0.385. The third kappa shape index (κ3) is 6870. The normalized spacial score (nSPS) is 2.67. The molecule has 48 valence electrons. The summed E-state index contributed by atoms with van der Waals surface area (Å²) in [6, 6.07) is -0.833. The molecule has 4 N–H and O–H groups in total. The molecule has 0 aliphatic rings. The van der Waals surface area contributed by atoms with E-state index < -0.39 is 6.03 Å². The van der Waals surface area contributed by atoms with Crippen LogP contribution < -0.4 is 11.5 Å². The number of primary amides is 2. The molecule has 0 saturated carbocycles. The molecule has 0 radical (unpaired) electrons. The molecule has 0 spiro atoms. The minimum absolute atomic E-state index is 0. The van der Waals surface area contributed by atoms with Crippen LogP contribution in [0.3, 0.4) is 0 Å². The Bertz CT molecular complexity index is 39.5. The van der Waals surface area contributed by atoms with Crippen molar-refractivity contribution >= 4 is 40.8 Å². The summed E-state index contributed by atoms with van der Waals surface area (Å²) in [5.41, 5.74) is 8.50. The maximum absolute atomic E-state index is 9.00. The van der Waals surface area contributed by atoms with Gasteiger partial charge < -0.3 is 27.9 Å². The van der Waals surface area contributed by atoms with Gasteiger partial charge in [-0.15, -0.1) is 0 Å². The molecule has 0 heterocycles. The number of hydrogen-bond acceptors (Lipinski definition) is 1. The summed E-state index contributed by atoms with van der Waals surface area (Å²) in [6.07, 6.45) is 0. The fraction of sp³-hybridized carbons (Fsp3) is 0. The average Bonchev–Trinajstić information content (AvgIpc) is 0.811. The molecule has 0 aromatic rings. The van der Waals surface area contributed by atoms with Crippen molar-refractivity contribution < 1.29 is 21.2 Å². The van der Waals surface area contributed by atoms with E-state index in [1.807, 2.05) is 0 Å². The number of rotatable bonds is 0. The molecule has 0 aromatic heterocycles. The molecule has 2 amide bonds. The molecule has 0 saturated heterocycles. The predicted octanol–water partition coefficient (Wildman–Crippen LogP) is -2.09. The topological polar surface area (TPSA) is 155 Å². The molecule has 0 fully saturated rings. The maximum Gasteiger partial charge on any atom is 3.00 e. The van der Waals surface area contributed by atoms with Crippen LogP contribution in [0.15, 0.2) is 0 Å². The second-order valence-electron chi connectivity index (χ2n) is 0.402. The van der Waals surface area contributed by atoms with E-state index in [4.69, 9.17) is 4.79 Å². The van der Waals surface area contributed by atoms with Crippen molar-refractivity contribution in [3.05, 3.63) is 0 Å². The van der Waals surface area contributed by atoms with Crippen molar-refractivity contribution in [3.8, 4) is 0 Å². The summed E-state index contributed by atoms with van der Waals surface area (Å²) < 4.78 is 0. The molecule has 0 bridgehead atoms. The Morgan fingerprint density at radius 1 is 0.889 bits per heavy atom. The number of urea groups is 1. The molecular weight excluding hydrogens is 158 g/mol. The van der Waals surface area contributed by atoms with Crippen LogP contribution in [0, 0.1) is 0 Å². The van der Waals surface area contributed by atoms with Gasteiger partial charge in [0.2, 0.25) is 0 Å². The first-order chi connectivity index (χ1) is 1.73. The molecular formula is CH4Al2N2O4. The Labute approximate surface area is 73.8 Å². The third-order valence-electron chi connectivity index (χ3n) is 0. The van der Waals surface area contributed by atoms with Crippen LogP contribution in [-0.2, 0) is 16.4 Å². The average molecular weight is 162 g/mol. The minimum Gasteiger partial charge on any atom is -2.00 e. The number of hydrogen-bond donors (Lipinski definition) is 2. The van der Waals surface area contributed by atoms with Crippen LogP contribution in [0.25, 0.3) is 0 Å². The monoisotopic (exact) mass is 162 g/mol. The van der Waals surface area contributed by atoms with E-state index in [1.54, 1.807) is 0 Å². The Balaban J connectivity index is -0.00000000450. The molecule has 9 heavy (non-hydrogen) atoms. The van der Waals surface area contributed by atoms with E-state index in [0.29, 0.717) is 0 Å². The summed E-state index contributed by atoms with van der Waals surface area (Å²) in [6.45, 7) is 0. The number of amides is 2. The van der Waals surface area contributed by atoms with Gasteiger partial charge >= 0.3 is 40.8 Å². The number of nitrogens with two attached hydrogens (primary N) is 2. The SMILES string of the molecule is NC(N)=O.[Al+3].[Al+3].[O-2].[O-2].[O-2]. The molecule has 6 nitrogen and oxygen atoms in total. The van der Waals surface area contributed by atoms with Crippen molar-refractivity contribution in [2.24, 2.45) is 11.5 Å². The first-order valence-corrected chi connectivity index (χ1v) is 0.781. The van der Waals surface area contributed by atoms with E-state index in [9.17, 15) is 0 Å². The van der Waals surface area contributed by atoms with E-state index >= 15 is 0 Å². The Hall–Kier alpha value is 0.215. The van der Waals surface area contributed by atoms with Gasteiger partial charge in [0.05, 0.1) is 0 Å². The fourth-order valence-corrected chi connectivity index (χ4v) is 0. The Kier molecular flexibility index (Phi) is 277. The van der Waals surface area contributed by atoms with Crippen molar-refractivity contribution in [1.29, 1.82) is 0 Å². The van der Waals surface area contributed by atoms with Gasteiger partial charge in [-0.05, 0) is 0 Å². The number of carbonyl (C=O) groups is 1. The van der Waals surface area contributed by atoms with Gasteiger partial charge in [-0.1, -0.05) is 0 Å². The molecule has 8 heteroatoms. The molecule has 0 atom stereocenters. The van der Waals surface area contributed by atoms with E-state index in [-0.39, 0.29) is 51.2 Å². The Morgan fingerprint density at radius 3 is 0.889 bits per heavy atom. The van der Waals surface area contributed by atoms with Crippen molar-refractivity contribution in [3.63, 3.8) is 0 Å². The van der Waals surface area contributed by atoms with E-state index in [0.717, 1.165) is 0 Å². The van der Waals surface area contributed by atoms with Gasteiger partial charge in [0.1, 0.15) is 0 Å². The summed E-state index contributed by atoms with van der Waals surface area (Å²) in [7, 11) is 0. The van der Waals surface area contributed by atoms with Gasteiger partial charge in [-0.2, -0.15) is 0 Å². The van der Waals surface area contributed by atoms with Crippen LogP contribution >= 0.6 is 0 Å². The van der Waals surface area contributed by atoms with Crippen LogP contribution in [0.5, 0.6) is 0 Å². The van der Waals surface area contributed by atoms with Crippen LogP contribution in [-0.4, -0.2) is 40.8 Å². The zero-order valence-electron chi connectivity index (χ0n) is 4.44. The van der Waals surface area contributed by atoms with Crippen LogP contribution in [0.4, 0.5) is 4.79 Å². The minimum atomic E-state index is -0.833. The molecule has 0 aliphatic heterocycles. The summed E-state index contributed by atoms with van der Waals surface area (Å²) in [4.78, 5) is 9.00. The fourth-order valence-electron chi connectivity index (χ4n) is 0. The first kappa shape index (κ1) is 60.2. The largest absolute Gasteiger partial charge is 3.00 e. The van der Waals surface area contributed by atoms with Crippen molar-refractivity contribution in [2.45, 2.75) is 0 Å². The molecule has 0 unspecified atom stereocenters. The van der Waals surface area contributed by atoms with Gasteiger partial charge in [0.15, 0.2) is 0 Å². The zero-order valence-corrected chi connectivity index (χ0v) is 6.75. The van der Waals surface area contributed by atoms with Gasteiger partial charge in [0, 0.05) is 0 Å². The van der Waals surface area contributed by atoms with E-state index in [1.165, 1.54) is 0 Å². The maximum atomic E-state index is 9.00. The standard InChI is InChI=1S/CH4N2O.2Al.3O/c2-1(3)4;;;;;/h(H4,2,3,4);;;;;/q;2*+3;3*-2. The van der Waals surface area contributed by atoms with Crippen molar-refractivity contribution in [1.82, 2.24) is 0 Å². The first-order valence-electron chi connectivity index (χ1n) is 0.781. The summed E-state index contributed by atoms with van der Waals surface area (Å²) >= 11 is 0. The molecule has 0 rings (SSSR count). The third-order valence-corrected chi connectivity index (χ3v) is 0. The van der Waals surface area contributed by atoms with Gasteiger partial charge in [-0.25, -0.2) is 4.79 Å².